The Labute approximate surface area is 259 Å². The molecule has 1 aliphatic rings. The van der Waals surface area contributed by atoms with Gasteiger partial charge in [-0.15, -0.1) is 0 Å². The molecule has 1 fully saturated rings. The Morgan fingerprint density at radius 3 is 2.47 bits per heavy atom. The number of fused-ring (bicyclic) bond motifs is 1. The standard InChI is InChI=1S/C36H36F6N2O/c1-22(2)21-45-34-7-5-6-23(3)30(34)17-26-13-15-44(19-28-8-10-29(35(37,38)39)18-32(28)36(40,41)42)20-31(26)24(4)25-9-11-33-27(16-25)12-14-43-33/h5-12,14,16-18,22,43H,13,15,19-21H2,1-4H3/b26-17-,31-24+. The van der Waals surface area contributed by atoms with Crippen molar-refractivity contribution in [3.8, 4) is 5.75 Å². The number of hydrogen-bond donors (Lipinski definition) is 1. The summed E-state index contributed by atoms with van der Waals surface area (Å²) in [4.78, 5) is 5.06. The van der Waals surface area contributed by atoms with E-state index in [1.165, 1.54) is 0 Å². The summed E-state index contributed by atoms with van der Waals surface area (Å²) in [6, 6.07) is 15.9. The summed E-state index contributed by atoms with van der Waals surface area (Å²) >= 11 is 0. The van der Waals surface area contributed by atoms with Gasteiger partial charge in [0.1, 0.15) is 5.75 Å². The van der Waals surface area contributed by atoms with Crippen molar-refractivity contribution in [3.05, 3.63) is 111 Å². The molecule has 3 nitrogen and oxygen atoms in total. The third kappa shape index (κ3) is 7.47. The fourth-order valence-electron chi connectivity index (χ4n) is 5.74. The van der Waals surface area contributed by atoms with Crippen LogP contribution in [0, 0.1) is 12.8 Å². The molecule has 0 spiro atoms. The molecule has 3 aromatic carbocycles. The van der Waals surface area contributed by atoms with Crippen molar-refractivity contribution < 1.29 is 31.1 Å². The number of alkyl halides is 6. The molecule has 0 radical (unpaired) electrons. The summed E-state index contributed by atoms with van der Waals surface area (Å²) in [5, 5.41) is 1.04. The van der Waals surface area contributed by atoms with Crippen LogP contribution in [0.1, 0.15) is 60.6 Å². The number of allylic oxidation sites excluding steroid dienone is 1. The molecule has 5 rings (SSSR count). The highest BCUT2D eigenvalue weighted by Gasteiger charge is 2.38. The molecular formula is C36H36F6N2O. The van der Waals surface area contributed by atoms with Crippen LogP contribution in [0.5, 0.6) is 5.75 Å². The molecule has 1 aromatic heterocycles. The van der Waals surface area contributed by atoms with E-state index < -0.39 is 23.5 Å². The number of ether oxygens (including phenoxy) is 1. The summed E-state index contributed by atoms with van der Waals surface area (Å²) in [5.74, 6) is 1.10. The van der Waals surface area contributed by atoms with Crippen LogP contribution in [-0.4, -0.2) is 29.6 Å². The number of H-pyrrole nitrogens is 1. The zero-order valence-electron chi connectivity index (χ0n) is 25.7. The van der Waals surface area contributed by atoms with Crippen LogP contribution in [0.4, 0.5) is 26.3 Å². The molecule has 0 amide bonds. The molecule has 0 unspecified atom stereocenters. The van der Waals surface area contributed by atoms with Gasteiger partial charge in [0.05, 0.1) is 17.7 Å². The van der Waals surface area contributed by atoms with Crippen LogP contribution in [-0.2, 0) is 18.9 Å². The number of aromatic nitrogens is 1. The van der Waals surface area contributed by atoms with Crippen molar-refractivity contribution in [2.45, 2.75) is 53.0 Å². The molecule has 1 N–H and O–H groups in total. The summed E-state index contributed by atoms with van der Waals surface area (Å²) in [6.45, 7) is 9.37. The topological polar surface area (TPSA) is 28.3 Å². The van der Waals surface area contributed by atoms with E-state index in [0.717, 1.165) is 62.2 Å². The van der Waals surface area contributed by atoms with Gasteiger partial charge in [-0.2, -0.15) is 26.3 Å². The van der Waals surface area contributed by atoms with E-state index in [9.17, 15) is 26.3 Å². The largest absolute Gasteiger partial charge is 0.493 e. The van der Waals surface area contributed by atoms with Crippen LogP contribution in [0.25, 0.3) is 22.6 Å². The van der Waals surface area contributed by atoms with Gasteiger partial charge in [0, 0.05) is 36.9 Å². The van der Waals surface area contributed by atoms with Crippen LogP contribution in [0.2, 0.25) is 0 Å². The maximum absolute atomic E-state index is 14.0. The van der Waals surface area contributed by atoms with Crippen molar-refractivity contribution in [1.29, 1.82) is 0 Å². The molecule has 45 heavy (non-hydrogen) atoms. The summed E-state index contributed by atoms with van der Waals surface area (Å²) in [6.07, 6.45) is -5.27. The minimum atomic E-state index is -4.92. The summed E-state index contributed by atoms with van der Waals surface area (Å²) in [5.41, 5.74) is 4.21. The smallest absolute Gasteiger partial charge is 0.416 e. The van der Waals surface area contributed by atoms with Crippen LogP contribution < -0.4 is 4.74 Å². The summed E-state index contributed by atoms with van der Waals surface area (Å²) < 4.78 is 87.9. The third-order valence-electron chi connectivity index (χ3n) is 8.22. The van der Waals surface area contributed by atoms with Gasteiger partial charge < -0.3 is 9.72 Å². The van der Waals surface area contributed by atoms with E-state index in [2.05, 4.69) is 31.0 Å². The van der Waals surface area contributed by atoms with E-state index in [0.29, 0.717) is 32.0 Å². The molecule has 0 bridgehead atoms. The zero-order valence-corrected chi connectivity index (χ0v) is 25.7. The zero-order chi connectivity index (χ0) is 32.5. The van der Waals surface area contributed by atoms with E-state index in [-0.39, 0.29) is 18.2 Å². The first-order chi connectivity index (χ1) is 21.2. The first-order valence-corrected chi connectivity index (χ1v) is 14.9. The maximum Gasteiger partial charge on any atom is 0.416 e. The van der Waals surface area contributed by atoms with Crippen LogP contribution in [0.15, 0.2) is 78.0 Å². The van der Waals surface area contributed by atoms with Crippen molar-refractivity contribution in [2.24, 2.45) is 5.92 Å². The lowest BCUT2D eigenvalue weighted by atomic mass is 9.88. The quantitative estimate of drug-likeness (QED) is 0.207. The molecule has 1 saturated heterocycles. The van der Waals surface area contributed by atoms with E-state index in [1.54, 1.807) is 0 Å². The third-order valence-corrected chi connectivity index (χ3v) is 8.22. The number of aryl methyl sites for hydroxylation is 1. The van der Waals surface area contributed by atoms with Gasteiger partial charge in [-0.05, 0) is 107 Å². The second kappa shape index (κ2) is 12.8. The highest BCUT2D eigenvalue weighted by Crippen LogP contribution is 2.39. The number of aromatic amines is 1. The average molecular weight is 627 g/mol. The van der Waals surface area contributed by atoms with E-state index in [4.69, 9.17) is 4.74 Å². The molecule has 2 heterocycles. The van der Waals surface area contributed by atoms with Gasteiger partial charge in [0.2, 0.25) is 0 Å². The molecule has 238 valence electrons. The van der Waals surface area contributed by atoms with Gasteiger partial charge in [0.25, 0.3) is 0 Å². The predicted molar refractivity (Wildman–Crippen MR) is 167 cm³/mol. The summed E-state index contributed by atoms with van der Waals surface area (Å²) in [7, 11) is 0. The molecule has 0 atom stereocenters. The Morgan fingerprint density at radius 2 is 1.76 bits per heavy atom. The van der Waals surface area contributed by atoms with Gasteiger partial charge in [-0.1, -0.05) is 38.1 Å². The molecular weight excluding hydrogens is 590 g/mol. The number of nitrogens with one attached hydrogen (secondary N) is 1. The van der Waals surface area contributed by atoms with E-state index >= 15 is 0 Å². The highest BCUT2D eigenvalue weighted by atomic mass is 19.4. The monoisotopic (exact) mass is 626 g/mol. The lowest BCUT2D eigenvalue weighted by Crippen LogP contribution is -2.33. The second-order valence-electron chi connectivity index (χ2n) is 12.1. The average Bonchev–Trinajstić information content (AvgIpc) is 3.45. The van der Waals surface area contributed by atoms with Crippen molar-refractivity contribution >= 4 is 22.6 Å². The first-order valence-electron chi connectivity index (χ1n) is 14.9. The molecule has 0 aliphatic carbocycles. The SMILES string of the molecule is C/C(=C1/CN(Cc2ccc(C(F)(F)F)cc2C(F)(F)F)CC/C1=C/c1c(C)cccc1OCC(C)C)c1ccc2[nH]ccc2c1. The lowest BCUT2D eigenvalue weighted by Gasteiger charge is -2.33. The van der Waals surface area contributed by atoms with Crippen molar-refractivity contribution in [2.75, 3.05) is 19.7 Å². The number of hydrogen-bond acceptors (Lipinski definition) is 2. The maximum atomic E-state index is 14.0. The number of rotatable bonds is 7. The Balaban J connectivity index is 1.56. The Bertz CT molecular complexity index is 1740. The van der Waals surface area contributed by atoms with Gasteiger partial charge in [0.15, 0.2) is 0 Å². The highest BCUT2D eigenvalue weighted by molar-refractivity contribution is 5.85. The number of nitrogens with zero attached hydrogens (tertiary/aromatic N) is 1. The minimum Gasteiger partial charge on any atom is -0.493 e. The van der Waals surface area contributed by atoms with Gasteiger partial charge >= 0.3 is 12.4 Å². The molecule has 4 aromatic rings. The predicted octanol–water partition coefficient (Wildman–Crippen LogP) is 10.3. The number of benzene rings is 3. The van der Waals surface area contributed by atoms with Gasteiger partial charge in [-0.25, -0.2) is 0 Å². The Kier molecular flexibility index (Phi) is 9.21. The Morgan fingerprint density at radius 1 is 0.978 bits per heavy atom. The molecule has 1 aliphatic heterocycles. The van der Waals surface area contributed by atoms with Crippen LogP contribution >= 0.6 is 0 Å². The lowest BCUT2D eigenvalue weighted by molar-refractivity contribution is -0.143. The molecule has 9 heteroatoms. The molecule has 0 saturated carbocycles. The van der Waals surface area contributed by atoms with Gasteiger partial charge in [-0.3, -0.25) is 4.90 Å². The minimum absolute atomic E-state index is 0.138. The fourth-order valence-corrected chi connectivity index (χ4v) is 5.74. The van der Waals surface area contributed by atoms with Crippen molar-refractivity contribution in [1.82, 2.24) is 9.88 Å². The van der Waals surface area contributed by atoms with Crippen molar-refractivity contribution in [3.63, 3.8) is 0 Å². The van der Waals surface area contributed by atoms with Crippen LogP contribution in [0.3, 0.4) is 0 Å². The second-order valence-corrected chi connectivity index (χ2v) is 12.1. The number of piperidine rings is 1. The van der Waals surface area contributed by atoms with E-state index in [1.807, 2.05) is 61.3 Å². The first kappa shape index (κ1) is 32.4. The normalized spacial score (nSPS) is 17.0. The number of likely N-dealkylation sites (tertiary alicyclic amines) is 1. The number of halogens is 6. The Hall–Kier alpha value is -3.98. The fraction of sp³-hybridized carbons (Fsp3) is 0.333.